The number of hydrogen-bond acceptors (Lipinski definition) is 3. The average molecular weight is 324 g/mol. The van der Waals surface area contributed by atoms with E-state index in [2.05, 4.69) is 5.32 Å². The zero-order valence-electron chi connectivity index (χ0n) is 13.8. The maximum Gasteiger partial charge on any atom is 0.227 e. The Hall–Kier alpha value is -2.33. The molecule has 2 atom stereocenters. The average Bonchev–Trinajstić information content (AvgIpc) is 3.11. The molecule has 0 bridgehead atoms. The lowest BCUT2D eigenvalue weighted by atomic mass is 9.95. The largest absolute Gasteiger partial charge is 0.489 e. The Morgan fingerprint density at radius 2 is 1.83 bits per heavy atom. The van der Waals surface area contributed by atoms with Crippen LogP contribution in [0.4, 0.5) is 5.69 Å². The molecule has 2 aromatic rings. The van der Waals surface area contributed by atoms with Crippen molar-refractivity contribution in [1.82, 2.24) is 0 Å². The van der Waals surface area contributed by atoms with Gasteiger partial charge in [-0.3, -0.25) is 4.79 Å². The number of nitrogens with two attached hydrogens (primary N) is 1. The highest BCUT2D eigenvalue weighted by Gasteiger charge is 2.31. The number of anilines is 1. The summed E-state index contributed by atoms with van der Waals surface area (Å²) in [6.07, 6.45) is 3.08. The fourth-order valence-corrected chi connectivity index (χ4v) is 3.27. The molecule has 0 aromatic heterocycles. The van der Waals surface area contributed by atoms with Crippen LogP contribution < -0.4 is 15.8 Å². The predicted octanol–water partition coefficient (Wildman–Crippen LogP) is 3.58. The molecule has 0 aliphatic heterocycles. The molecule has 2 aromatic carbocycles. The summed E-state index contributed by atoms with van der Waals surface area (Å²) in [5, 5.41) is 3.00. The van der Waals surface area contributed by atoms with Gasteiger partial charge in [0.25, 0.3) is 0 Å². The van der Waals surface area contributed by atoms with Crippen LogP contribution in [-0.4, -0.2) is 12.5 Å². The van der Waals surface area contributed by atoms with Crippen LogP contribution in [0, 0.1) is 11.8 Å². The van der Waals surface area contributed by atoms with Gasteiger partial charge in [0.1, 0.15) is 12.4 Å². The van der Waals surface area contributed by atoms with E-state index in [0.29, 0.717) is 19.1 Å². The molecule has 4 heteroatoms. The van der Waals surface area contributed by atoms with Crippen molar-refractivity contribution in [2.24, 2.45) is 17.6 Å². The highest BCUT2D eigenvalue weighted by Crippen LogP contribution is 2.32. The Bertz CT molecular complexity index is 655. The van der Waals surface area contributed by atoms with E-state index in [-0.39, 0.29) is 11.8 Å². The minimum Gasteiger partial charge on any atom is -0.489 e. The molecule has 24 heavy (non-hydrogen) atoms. The standard InChI is InChI=1S/C20H24N2O2/c21-13-16-7-4-8-19(16)20(23)22-17-9-11-18(12-10-17)24-14-15-5-2-1-3-6-15/h1-3,5-6,9-12,16,19H,4,7-8,13-14,21H2,(H,22,23)/t16-,19-/m1/s1. The molecule has 0 radical (unpaired) electrons. The number of ether oxygens (including phenoxy) is 1. The number of carbonyl (C=O) groups excluding carboxylic acids is 1. The molecule has 4 nitrogen and oxygen atoms in total. The van der Waals surface area contributed by atoms with Gasteiger partial charge in [0.15, 0.2) is 0 Å². The van der Waals surface area contributed by atoms with Crippen LogP contribution in [-0.2, 0) is 11.4 Å². The van der Waals surface area contributed by atoms with E-state index in [1.165, 1.54) is 0 Å². The van der Waals surface area contributed by atoms with Gasteiger partial charge in [0.2, 0.25) is 5.91 Å². The lowest BCUT2D eigenvalue weighted by Gasteiger charge is -2.17. The second-order valence-electron chi connectivity index (χ2n) is 6.32. The first-order valence-electron chi connectivity index (χ1n) is 8.54. The summed E-state index contributed by atoms with van der Waals surface area (Å²) in [5.74, 6) is 1.24. The maximum absolute atomic E-state index is 12.4. The number of nitrogens with one attached hydrogen (secondary N) is 1. The van der Waals surface area contributed by atoms with Crippen molar-refractivity contribution in [3.05, 3.63) is 60.2 Å². The van der Waals surface area contributed by atoms with Crippen LogP contribution in [0.1, 0.15) is 24.8 Å². The van der Waals surface area contributed by atoms with Crippen LogP contribution in [0.5, 0.6) is 5.75 Å². The van der Waals surface area contributed by atoms with Crippen molar-refractivity contribution in [2.75, 3.05) is 11.9 Å². The molecule has 1 fully saturated rings. The van der Waals surface area contributed by atoms with Crippen molar-refractivity contribution in [2.45, 2.75) is 25.9 Å². The molecular weight excluding hydrogens is 300 g/mol. The van der Waals surface area contributed by atoms with Gasteiger partial charge < -0.3 is 15.8 Å². The summed E-state index contributed by atoms with van der Waals surface area (Å²) in [7, 11) is 0. The van der Waals surface area contributed by atoms with Crippen molar-refractivity contribution in [3.63, 3.8) is 0 Å². The van der Waals surface area contributed by atoms with Gasteiger partial charge in [0.05, 0.1) is 0 Å². The summed E-state index contributed by atoms with van der Waals surface area (Å²) in [4.78, 5) is 12.4. The van der Waals surface area contributed by atoms with E-state index in [1.807, 2.05) is 54.6 Å². The Balaban J connectivity index is 1.53. The summed E-state index contributed by atoms with van der Waals surface area (Å²) in [6.45, 7) is 1.12. The van der Waals surface area contributed by atoms with Gasteiger partial charge in [-0.25, -0.2) is 0 Å². The second kappa shape index (κ2) is 7.97. The minimum atomic E-state index is 0.0454. The predicted molar refractivity (Wildman–Crippen MR) is 95.7 cm³/mol. The highest BCUT2D eigenvalue weighted by atomic mass is 16.5. The van der Waals surface area contributed by atoms with Crippen LogP contribution in [0.2, 0.25) is 0 Å². The third kappa shape index (κ3) is 4.15. The molecule has 1 aliphatic carbocycles. The molecule has 126 valence electrons. The summed E-state index contributed by atoms with van der Waals surface area (Å²) in [5.41, 5.74) is 7.69. The number of benzene rings is 2. The first-order valence-corrected chi connectivity index (χ1v) is 8.54. The van der Waals surface area contributed by atoms with Gasteiger partial charge in [0, 0.05) is 11.6 Å². The van der Waals surface area contributed by atoms with Gasteiger partial charge in [-0.2, -0.15) is 0 Å². The first-order chi connectivity index (χ1) is 11.8. The first kappa shape index (κ1) is 16.5. The van der Waals surface area contributed by atoms with Gasteiger partial charge in [-0.15, -0.1) is 0 Å². The Kier molecular flexibility index (Phi) is 5.49. The number of hydrogen-bond donors (Lipinski definition) is 2. The van der Waals surface area contributed by atoms with E-state index in [1.54, 1.807) is 0 Å². The summed E-state index contributed by atoms with van der Waals surface area (Å²) >= 11 is 0. The quantitative estimate of drug-likeness (QED) is 0.853. The van der Waals surface area contributed by atoms with Crippen LogP contribution in [0.3, 0.4) is 0 Å². The lowest BCUT2D eigenvalue weighted by molar-refractivity contribution is -0.120. The van der Waals surface area contributed by atoms with E-state index in [4.69, 9.17) is 10.5 Å². The molecule has 1 amide bonds. The molecule has 1 aliphatic rings. The number of amides is 1. The van der Waals surface area contributed by atoms with Gasteiger partial charge in [-0.05, 0) is 55.1 Å². The van der Waals surface area contributed by atoms with Gasteiger partial charge >= 0.3 is 0 Å². The summed E-state index contributed by atoms with van der Waals surface area (Å²) < 4.78 is 5.76. The molecule has 0 spiro atoms. The fourth-order valence-electron chi connectivity index (χ4n) is 3.27. The molecule has 3 N–H and O–H groups in total. The number of carbonyl (C=O) groups is 1. The Morgan fingerprint density at radius 3 is 2.54 bits per heavy atom. The van der Waals surface area contributed by atoms with Crippen molar-refractivity contribution in [1.29, 1.82) is 0 Å². The third-order valence-electron chi connectivity index (χ3n) is 4.67. The smallest absolute Gasteiger partial charge is 0.227 e. The molecule has 0 unspecified atom stereocenters. The lowest BCUT2D eigenvalue weighted by Crippen LogP contribution is -2.29. The maximum atomic E-state index is 12.4. The second-order valence-corrected chi connectivity index (χ2v) is 6.32. The SMILES string of the molecule is NC[C@H]1CCC[C@H]1C(=O)Nc1ccc(OCc2ccccc2)cc1. The van der Waals surface area contributed by atoms with Crippen molar-refractivity contribution >= 4 is 11.6 Å². The Morgan fingerprint density at radius 1 is 1.08 bits per heavy atom. The molecule has 1 saturated carbocycles. The fraction of sp³-hybridized carbons (Fsp3) is 0.350. The Labute approximate surface area is 143 Å². The van der Waals surface area contributed by atoms with E-state index >= 15 is 0 Å². The van der Waals surface area contributed by atoms with Crippen LogP contribution in [0.25, 0.3) is 0 Å². The normalized spacial score (nSPS) is 19.9. The topological polar surface area (TPSA) is 64.4 Å². The monoisotopic (exact) mass is 324 g/mol. The van der Waals surface area contributed by atoms with Gasteiger partial charge in [-0.1, -0.05) is 36.8 Å². The minimum absolute atomic E-state index is 0.0454. The van der Waals surface area contributed by atoms with E-state index < -0.39 is 0 Å². The number of rotatable bonds is 6. The molecule has 3 rings (SSSR count). The third-order valence-corrected chi connectivity index (χ3v) is 4.67. The summed E-state index contributed by atoms with van der Waals surface area (Å²) in [6, 6.07) is 17.6. The zero-order chi connectivity index (χ0) is 16.8. The van der Waals surface area contributed by atoms with Crippen LogP contribution >= 0.6 is 0 Å². The molecular formula is C20H24N2O2. The van der Waals surface area contributed by atoms with Crippen molar-refractivity contribution < 1.29 is 9.53 Å². The zero-order valence-corrected chi connectivity index (χ0v) is 13.8. The molecule has 0 heterocycles. The van der Waals surface area contributed by atoms with E-state index in [0.717, 1.165) is 36.3 Å². The molecule has 0 saturated heterocycles. The van der Waals surface area contributed by atoms with E-state index in [9.17, 15) is 4.79 Å². The van der Waals surface area contributed by atoms with Crippen molar-refractivity contribution in [3.8, 4) is 5.75 Å². The highest BCUT2D eigenvalue weighted by molar-refractivity contribution is 5.93. The van der Waals surface area contributed by atoms with Crippen LogP contribution in [0.15, 0.2) is 54.6 Å².